The average molecular weight is 565 g/mol. The Balaban J connectivity index is 0.000000317. The largest absolute Gasteiger partial charge is 0.490 e. The molecule has 0 bridgehead atoms. The van der Waals surface area contributed by atoms with Crippen LogP contribution in [0, 0.1) is 6.92 Å². The van der Waals surface area contributed by atoms with Gasteiger partial charge in [0.1, 0.15) is 11.9 Å². The second kappa shape index (κ2) is 13.1. The number of pyridine rings is 1. The van der Waals surface area contributed by atoms with Crippen LogP contribution in [0.25, 0.3) is 0 Å². The number of rotatable bonds is 4. The Morgan fingerprint density at radius 2 is 1.67 bits per heavy atom. The van der Waals surface area contributed by atoms with Crippen LogP contribution in [0.4, 0.5) is 26.3 Å². The average Bonchev–Trinajstić information content (AvgIpc) is 3.33. The first-order chi connectivity index (χ1) is 18.1. The lowest BCUT2D eigenvalue weighted by Crippen LogP contribution is -2.35. The van der Waals surface area contributed by atoms with Crippen LogP contribution in [0.3, 0.4) is 0 Å². The van der Waals surface area contributed by atoms with Crippen molar-refractivity contribution in [1.29, 1.82) is 0 Å². The summed E-state index contributed by atoms with van der Waals surface area (Å²) in [5.41, 5.74) is 3.59. The lowest BCUT2D eigenvalue weighted by molar-refractivity contribution is -0.193. The summed E-state index contributed by atoms with van der Waals surface area (Å²) in [5, 5.41) is 18.7. The van der Waals surface area contributed by atoms with Crippen LogP contribution < -0.4 is 4.74 Å². The number of carboxylic acids is 2. The Morgan fingerprint density at radius 1 is 1.05 bits per heavy atom. The van der Waals surface area contributed by atoms with Crippen molar-refractivity contribution in [3.05, 3.63) is 66.0 Å². The van der Waals surface area contributed by atoms with Gasteiger partial charge in [-0.15, -0.1) is 0 Å². The number of fused-ring (bicyclic) bond motifs is 1. The molecule has 0 radical (unpaired) electrons. The minimum absolute atomic E-state index is 0.0761. The molecule has 4 heterocycles. The van der Waals surface area contributed by atoms with E-state index in [-0.39, 0.29) is 6.10 Å². The summed E-state index contributed by atoms with van der Waals surface area (Å²) in [5.74, 6) is -4.69. The zero-order valence-electron chi connectivity index (χ0n) is 20.6. The molecule has 1 aliphatic heterocycles. The number of ether oxygens (including phenoxy) is 1. The highest BCUT2D eigenvalue weighted by Crippen LogP contribution is 2.20. The molecule has 0 amide bonds. The fraction of sp³-hybridized carbons (Fsp3) is 0.391. The third-order valence-corrected chi connectivity index (χ3v) is 5.08. The van der Waals surface area contributed by atoms with Crippen molar-refractivity contribution in [2.24, 2.45) is 7.05 Å². The van der Waals surface area contributed by atoms with Gasteiger partial charge in [-0.2, -0.15) is 31.4 Å². The van der Waals surface area contributed by atoms with E-state index in [1.54, 1.807) is 12.4 Å². The van der Waals surface area contributed by atoms with Gasteiger partial charge >= 0.3 is 24.3 Å². The number of aromatic nitrogens is 4. The molecule has 0 aromatic carbocycles. The van der Waals surface area contributed by atoms with Gasteiger partial charge in [0, 0.05) is 44.8 Å². The summed E-state index contributed by atoms with van der Waals surface area (Å²) in [7, 11) is 2.01. The summed E-state index contributed by atoms with van der Waals surface area (Å²) in [6, 6.07) is 10.3. The zero-order chi connectivity index (χ0) is 29.4. The molecule has 0 saturated carbocycles. The van der Waals surface area contributed by atoms with Crippen molar-refractivity contribution in [1.82, 2.24) is 24.2 Å². The molecule has 4 rings (SSSR count). The van der Waals surface area contributed by atoms with E-state index in [0.29, 0.717) is 0 Å². The fourth-order valence-corrected chi connectivity index (χ4v) is 3.48. The molecule has 39 heavy (non-hydrogen) atoms. The third-order valence-electron chi connectivity index (χ3n) is 5.08. The minimum Gasteiger partial charge on any atom is -0.486 e. The van der Waals surface area contributed by atoms with E-state index in [0.717, 1.165) is 37.6 Å². The topological polar surface area (TPSA) is 123 Å². The Bertz CT molecular complexity index is 1200. The van der Waals surface area contributed by atoms with E-state index in [1.165, 1.54) is 11.4 Å². The molecular formula is C23H25F6N5O5. The molecule has 0 saturated heterocycles. The summed E-state index contributed by atoms with van der Waals surface area (Å²) in [6.07, 6.45) is -4.42. The summed E-state index contributed by atoms with van der Waals surface area (Å²) in [6.45, 7) is 5.50. The summed E-state index contributed by atoms with van der Waals surface area (Å²) < 4.78 is 73.9. The quantitative estimate of drug-likeness (QED) is 0.460. The van der Waals surface area contributed by atoms with E-state index < -0.39 is 24.3 Å². The van der Waals surface area contributed by atoms with Crippen LogP contribution in [0.1, 0.15) is 17.1 Å². The van der Waals surface area contributed by atoms with Crippen LogP contribution in [0.5, 0.6) is 5.75 Å². The molecule has 0 aliphatic carbocycles. The smallest absolute Gasteiger partial charge is 0.486 e. The molecule has 3 aromatic rings. The maximum absolute atomic E-state index is 10.6. The number of aliphatic carboxylic acids is 2. The molecule has 214 valence electrons. The van der Waals surface area contributed by atoms with Gasteiger partial charge in [-0.1, -0.05) is 0 Å². The first kappa shape index (κ1) is 31.1. The van der Waals surface area contributed by atoms with E-state index in [1.807, 2.05) is 30.8 Å². The van der Waals surface area contributed by atoms with Crippen molar-refractivity contribution in [2.45, 2.75) is 45.0 Å². The van der Waals surface area contributed by atoms with E-state index in [9.17, 15) is 26.3 Å². The number of carbonyl (C=O) groups is 2. The Morgan fingerprint density at radius 3 is 2.15 bits per heavy atom. The lowest BCUT2D eigenvalue weighted by atomic mass is 10.2. The van der Waals surface area contributed by atoms with Crippen molar-refractivity contribution >= 4 is 11.9 Å². The van der Waals surface area contributed by atoms with Crippen LogP contribution in [0.2, 0.25) is 0 Å². The number of hydrogen-bond acceptors (Lipinski definition) is 6. The second-order valence-corrected chi connectivity index (χ2v) is 8.26. The van der Waals surface area contributed by atoms with Gasteiger partial charge in [-0.3, -0.25) is 14.6 Å². The van der Waals surface area contributed by atoms with E-state index >= 15 is 0 Å². The number of halogens is 6. The maximum Gasteiger partial charge on any atom is 0.490 e. The predicted molar refractivity (Wildman–Crippen MR) is 123 cm³/mol. The van der Waals surface area contributed by atoms with Gasteiger partial charge in [-0.05, 0) is 37.3 Å². The molecule has 1 aliphatic rings. The number of nitrogens with zero attached hydrogens (tertiary/aromatic N) is 5. The van der Waals surface area contributed by atoms with Crippen molar-refractivity contribution in [3.8, 4) is 5.75 Å². The standard InChI is InChI=1S/C19H23N5O.2C2HF3O2/c1-15-9-17(22(2)21-15)12-23-11-16-5-4-8-24(16)14-19(13-23)25-18-6-3-7-20-10-18;2*3-2(4,5)1(6)7/h3-10,19H,11-14H2,1-2H3;2*(H,6,7). The molecule has 0 spiro atoms. The highest BCUT2D eigenvalue weighted by Gasteiger charge is 2.38. The van der Waals surface area contributed by atoms with E-state index in [2.05, 4.69) is 43.9 Å². The molecule has 1 unspecified atom stereocenters. The fourth-order valence-electron chi connectivity index (χ4n) is 3.48. The number of carboxylic acid groups (broad SMARTS) is 2. The van der Waals surface area contributed by atoms with Crippen LogP contribution in [-0.4, -0.2) is 71.4 Å². The zero-order valence-corrected chi connectivity index (χ0v) is 20.6. The normalized spacial score (nSPS) is 15.5. The first-order valence-corrected chi connectivity index (χ1v) is 11.1. The highest BCUT2D eigenvalue weighted by molar-refractivity contribution is 5.73. The molecule has 2 N–H and O–H groups in total. The van der Waals surface area contributed by atoms with Gasteiger partial charge in [0.2, 0.25) is 0 Å². The number of alkyl halides is 6. The minimum atomic E-state index is -5.08. The molecule has 3 aromatic heterocycles. The molecule has 10 nitrogen and oxygen atoms in total. The summed E-state index contributed by atoms with van der Waals surface area (Å²) >= 11 is 0. The van der Waals surface area contributed by atoms with Gasteiger partial charge in [0.05, 0.1) is 24.1 Å². The van der Waals surface area contributed by atoms with Crippen LogP contribution in [-0.2, 0) is 36.3 Å². The number of aryl methyl sites for hydroxylation is 2. The van der Waals surface area contributed by atoms with Gasteiger partial charge in [-0.25, -0.2) is 9.59 Å². The molecule has 0 fully saturated rings. The number of hydrogen-bond donors (Lipinski definition) is 2. The van der Waals surface area contributed by atoms with Crippen molar-refractivity contribution < 1.29 is 50.9 Å². The SMILES string of the molecule is Cc1cc(CN2Cc3cccn3CC(Oc3cccnc3)C2)n(C)n1.O=C(O)C(F)(F)F.O=C(O)C(F)(F)F. The Kier molecular flexibility index (Phi) is 10.5. The van der Waals surface area contributed by atoms with Crippen LogP contribution >= 0.6 is 0 Å². The molecule has 1 atom stereocenters. The van der Waals surface area contributed by atoms with E-state index in [4.69, 9.17) is 24.5 Å². The van der Waals surface area contributed by atoms with Gasteiger partial charge in [0.25, 0.3) is 0 Å². The first-order valence-electron chi connectivity index (χ1n) is 11.1. The van der Waals surface area contributed by atoms with Crippen molar-refractivity contribution in [2.75, 3.05) is 6.54 Å². The Hall–Kier alpha value is -4.08. The van der Waals surface area contributed by atoms with Crippen molar-refractivity contribution in [3.63, 3.8) is 0 Å². The van der Waals surface area contributed by atoms with Crippen LogP contribution in [0.15, 0.2) is 48.9 Å². The van der Waals surface area contributed by atoms with Gasteiger partial charge < -0.3 is 19.5 Å². The Labute approximate surface area is 218 Å². The van der Waals surface area contributed by atoms with Gasteiger partial charge in [0.15, 0.2) is 0 Å². The second-order valence-electron chi connectivity index (χ2n) is 8.26. The highest BCUT2D eigenvalue weighted by atomic mass is 19.4. The lowest BCUT2D eigenvalue weighted by Gasteiger charge is -2.24. The maximum atomic E-state index is 10.6. The predicted octanol–water partition coefficient (Wildman–Crippen LogP) is 3.66. The molecule has 16 heteroatoms. The monoisotopic (exact) mass is 565 g/mol. The third kappa shape index (κ3) is 10.3. The molecular weight excluding hydrogens is 540 g/mol. The summed E-state index contributed by atoms with van der Waals surface area (Å²) in [4.78, 5) is 24.4.